The zero-order valence-electron chi connectivity index (χ0n) is 16.9. The Morgan fingerprint density at radius 3 is 2.50 bits per heavy atom. The molecule has 0 aliphatic carbocycles. The van der Waals surface area contributed by atoms with E-state index in [0.29, 0.717) is 25.8 Å². The summed E-state index contributed by atoms with van der Waals surface area (Å²) in [6.45, 7) is 3.81. The summed E-state index contributed by atoms with van der Waals surface area (Å²) in [7, 11) is 4.19. The number of hydrogen-bond acceptors (Lipinski definition) is 4. The minimum atomic E-state index is 0.0382. The average Bonchev–Trinajstić information content (AvgIpc) is 3.15. The number of rotatable bonds is 9. The molecule has 0 saturated heterocycles. The highest BCUT2D eigenvalue weighted by Gasteiger charge is 2.16. The molecule has 0 unspecified atom stereocenters. The van der Waals surface area contributed by atoms with E-state index >= 15 is 0 Å². The van der Waals surface area contributed by atoms with Crippen molar-refractivity contribution in [3.8, 4) is 22.5 Å². The van der Waals surface area contributed by atoms with Gasteiger partial charge in [-0.25, -0.2) is 4.98 Å². The summed E-state index contributed by atoms with van der Waals surface area (Å²) in [6, 6.07) is 19.3. The smallest absolute Gasteiger partial charge is 0.0963 e. The molecule has 148 valence electrons. The van der Waals surface area contributed by atoms with Crippen LogP contribution in [0.1, 0.15) is 18.5 Å². The number of aliphatic hydroxyl groups is 1. The quantitative estimate of drug-likeness (QED) is 0.574. The Morgan fingerprint density at radius 1 is 1.04 bits per heavy atom. The van der Waals surface area contributed by atoms with Crippen molar-refractivity contribution < 1.29 is 9.84 Å². The second-order valence-corrected chi connectivity index (χ2v) is 7.10. The van der Waals surface area contributed by atoms with Crippen molar-refractivity contribution in [1.29, 1.82) is 0 Å². The molecule has 1 aromatic heterocycles. The van der Waals surface area contributed by atoms with Gasteiger partial charge < -0.3 is 19.3 Å². The Balaban J connectivity index is 2.02. The normalized spacial score (nSPS) is 12.5. The lowest BCUT2D eigenvalue weighted by Gasteiger charge is -2.21. The predicted molar refractivity (Wildman–Crippen MR) is 113 cm³/mol. The highest BCUT2D eigenvalue weighted by atomic mass is 16.5. The Labute approximate surface area is 167 Å². The van der Waals surface area contributed by atoms with Crippen LogP contribution in [-0.2, 0) is 11.3 Å². The molecule has 3 aromatic rings. The molecular weight excluding hydrogens is 350 g/mol. The molecule has 0 aliphatic heterocycles. The van der Waals surface area contributed by atoms with Crippen LogP contribution in [-0.4, -0.2) is 53.5 Å². The molecule has 0 amide bonds. The van der Waals surface area contributed by atoms with Gasteiger partial charge in [0.05, 0.1) is 37.5 Å². The fraction of sp³-hybridized carbons (Fsp3) is 0.348. The SMILES string of the molecule is C[C@@H](c1cccc(-c2c(-c3ccccc3)ncn2CCOCCO)c1)N(C)C. The molecule has 1 heterocycles. The van der Waals surface area contributed by atoms with Gasteiger partial charge in [0.1, 0.15) is 0 Å². The van der Waals surface area contributed by atoms with Crippen LogP contribution in [0.15, 0.2) is 60.9 Å². The predicted octanol–water partition coefficient (Wildman–Crippen LogP) is 3.85. The first kappa shape index (κ1) is 20.3. The van der Waals surface area contributed by atoms with E-state index in [1.54, 1.807) is 0 Å². The van der Waals surface area contributed by atoms with Gasteiger partial charge in [0, 0.05) is 23.7 Å². The molecular formula is C23H29N3O2. The first-order chi connectivity index (χ1) is 13.6. The monoisotopic (exact) mass is 379 g/mol. The second-order valence-electron chi connectivity index (χ2n) is 7.10. The van der Waals surface area contributed by atoms with Crippen LogP contribution in [0.3, 0.4) is 0 Å². The molecule has 0 spiro atoms. The first-order valence-electron chi connectivity index (χ1n) is 9.67. The van der Waals surface area contributed by atoms with Gasteiger partial charge in [-0.1, -0.05) is 48.5 Å². The minimum Gasteiger partial charge on any atom is -0.394 e. The molecule has 28 heavy (non-hydrogen) atoms. The van der Waals surface area contributed by atoms with Gasteiger partial charge in [0.2, 0.25) is 0 Å². The Morgan fingerprint density at radius 2 is 1.79 bits per heavy atom. The number of benzene rings is 2. The number of hydrogen-bond donors (Lipinski definition) is 1. The van der Waals surface area contributed by atoms with Crippen molar-refractivity contribution in [2.24, 2.45) is 0 Å². The van der Waals surface area contributed by atoms with E-state index in [-0.39, 0.29) is 6.61 Å². The molecule has 1 atom stereocenters. The molecule has 0 bridgehead atoms. The maximum absolute atomic E-state index is 8.93. The van der Waals surface area contributed by atoms with E-state index in [2.05, 4.69) is 66.9 Å². The van der Waals surface area contributed by atoms with E-state index in [1.165, 1.54) is 5.56 Å². The second kappa shape index (κ2) is 9.64. The van der Waals surface area contributed by atoms with Crippen LogP contribution in [0, 0.1) is 0 Å². The highest BCUT2D eigenvalue weighted by Crippen LogP contribution is 2.33. The molecule has 5 nitrogen and oxygen atoms in total. The highest BCUT2D eigenvalue weighted by molar-refractivity contribution is 5.78. The zero-order valence-corrected chi connectivity index (χ0v) is 16.9. The number of ether oxygens (including phenoxy) is 1. The van der Waals surface area contributed by atoms with Gasteiger partial charge in [-0.2, -0.15) is 0 Å². The van der Waals surface area contributed by atoms with E-state index in [0.717, 1.165) is 22.5 Å². The minimum absolute atomic E-state index is 0.0382. The van der Waals surface area contributed by atoms with Crippen molar-refractivity contribution in [3.63, 3.8) is 0 Å². The molecule has 0 fully saturated rings. The van der Waals surface area contributed by atoms with Crippen LogP contribution in [0.4, 0.5) is 0 Å². The summed E-state index contributed by atoms with van der Waals surface area (Å²) >= 11 is 0. The van der Waals surface area contributed by atoms with Crippen molar-refractivity contribution >= 4 is 0 Å². The maximum atomic E-state index is 8.93. The largest absolute Gasteiger partial charge is 0.394 e. The number of aromatic nitrogens is 2. The molecule has 0 saturated carbocycles. The molecule has 0 aliphatic rings. The lowest BCUT2D eigenvalue weighted by molar-refractivity contribution is 0.0872. The standard InChI is InChI=1S/C23H29N3O2/c1-18(25(2)3)20-10-7-11-21(16-20)23-22(19-8-5-4-6-9-19)24-17-26(23)12-14-28-15-13-27/h4-11,16-18,27H,12-15H2,1-3H3/t18-/m0/s1. The van der Waals surface area contributed by atoms with Gasteiger partial charge in [-0.3, -0.25) is 0 Å². The van der Waals surface area contributed by atoms with Crippen LogP contribution in [0.25, 0.3) is 22.5 Å². The summed E-state index contributed by atoms with van der Waals surface area (Å²) in [5, 5.41) is 8.93. The van der Waals surface area contributed by atoms with E-state index in [1.807, 2.05) is 24.5 Å². The summed E-state index contributed by atoms with van der Waals surface area (Å²) in [5.74, 6) is 0. The zero-order chi connectivity index (χ0) is 19.9. The van der Waals surface area contributed by atoms with Crippen LogP contribution < -0.4 is 0 Å². The third kappa shape index (κ3) is 4.68. The van der Waals surface area contributed by atoms with E-state index < -0.39 is 0 Å². The van der Waals surface area contributed by atoms with Crippen molar-refractivity contribution in [3.05, 3.63) is 66.5 Å². The molecule has 5 heteroatoms. The van der Waals surface area contributed by atoms with Gasteiger partial charge in [0.15, 0.2) is 0 Å². The van der Waals surface area contributed by atoms with E-state index in [4.69, 9.17) is 14.8 Å². The number of imidazole rings is 1. The summed E-state index contributed by atoms with van der Waals surface area (Å²) in [5.41, 5.74) is 5.57. The molecule has 1 N–H and O–H groups in total. The Kier molecular flexibility index (Phi) is 6.98. The van der Waals surface area contributed by atoms with Crippen molar-refractivity contribution in [1.82, 2.24) is 14.5 Å². The van der Waals surface area contributed by atoms with E-state index in [9.17, 15) is 0 Å². The fourth-order valence-corrected chi connectivity index (χ4v) is 3.24. The number of aliphatic hydroxyl groups excluding tert-OH is 1. The van der Waals surface area contributed by atoms with Crippen LogP contribution >= 0.6 is 0 Å². The first-order valence-corrected chi connectivity index (χ1v) is 9.67. The lowest BCUT2D eigenvalue weighted by Crippen LogP contribution is -2.16. The summed E-state index contributed by atoms with van der Waals surface area (Å²) < 4.78 is 7.62. The Bertz CT molecular complexity index is 875. The van der Waals surface area contributed by atoms with Gasteiger partial charge >= 0.3 is 0 Å². The third-order valence-electron chi connectivity index (χ3n) is 5.01. The molecule has 2 aromatic carbocycles. The third-order valence-corrected chi connectivity index (χ3v) is 5.01. The average molecular weight is 380 g/mol. The van der Waals surface area contributed by atoms with Crippen molar-refractivity contribution in [2.45, 2.75) is 19.5 Å². The van der Waals surface area contributed by atoms with Crippen LogP contribution in [0.2, 0.25) is 0 Å². The summed E-state index contributed by atoms with van der Waals surface area (Å²) in [6.07, 6.45) is 1.88. The van der Waals surface area contributed by atoms with Crippen molar-refractivity contribution in [2.75, 3.05) is 33.9 Å². The maximum Gasteiger partial charge on any atom is 0.0963 e. The van der Waals surface area contributed by atoms with Gasteiger partial charge in [-0.05, 0) is 32.6 Å². The van der Waals surface area contributed by atoms with Gasteiger partial charge in [-0.15, -0.1) is 0 Å². The Hall–Kier alpha value is -2.47. The number of nitrogens with zero attached hydrogens (tertiary/aromatic N) is 3. The lowest BCUT2D eigenvalue weighted by atomic mass is 10.00. The van der Waals surface area contributed by atoms with Crippen LogP contribution in [0.5, 0.6) is 0 Å². The van der Waals surface area contributed by atoms with Gasteiger partial charge in [0.25, 0.3) is 0 Å². The fourth-order valence-electron chi connectivity index (χ4n) is 3.24. The molecule has 3 rings (SSSR count). The molecule has 0 radical (unpaired) electrons. The topological polar surface area (TPSA) is 50.5 Å². The summed E-state index contributed by atoms with van der Waals surface area (Å²) in [4.78, 5) is 6.92.